The zero-order chi connectivity index (χ0) is 11.7. The van der Waals surface area contributed by atoms with Crippen molar-refractivity contribution in [1.29, 1.82) is 0 Å². The lowest BCUT2D eigenvalue weighted by Crippen LogP contribution is -2.07. The Morgan fingerprint density at radius 2 is 2.38 bits per heavy atom. The van der Waals surface area contributed by atoms with Gasteiger partial charge in [-0.2, -0.15) is 0 Å². The highest BCUT2D eigenvalue weighted by atomic mass is 35.5. The average molecular weight is 243 g/mol. The van der Waals surface area contributed by atoms with E-state index in [4.69, 9.17) is 16.3 Å². The molecule has 0 aromatic heterocycles. The van der Waals surface area contributed by atoms with E-state index in [0.717, 1.165) is 12.0 Å². The van der Waals surface area contributed by atoms with Gasteiger partial charge in [0, 0.05) is 0 Å². The summed E-state index contributed by atoms with van der Waals surface area (Å²) in [7, 11) is 0. The lowest BCUT2D eigenvalue weighted by Gasteiger charge is -2.02. The fraction of sp³-hybridized carbons (Fsp3) is 0.417. The van der Waals surface area contributed by atoms with E-state index in [9.17, 15) is 9.18 Å². The van der Waals surface area contributed by atoms with E-state index in [0.29, 0.717) is 6.61 Å². The molecule has 0 amide bonds. The van der Waals surface area contributed by atoms with Crippen LogP contribution in [0, 0.1) is 11.7 Å². The van der Waals surface area contributed by atoms with Crippen molar-refractivity contribution in [3.63, 3.8) is 0 Å². The van der Waals surface area contributed by atoms with Gasteiger partial charge < -0.3 is 4.74 Å². The molecule has 0 N–H and O–H groups in total. The summed E-state index contributed by atoms with van der Waals surface area (Å²) in [6.45, 7) is 2.18. The minimum absolute atomic E-state index is 0.0820. The third-order valence-electron chi connectivity index (χ3n) is 2.75. The third-order valence-corrected chi connectivity index (χ3v) is 3.04. The van der Waals surface area contributed by atoms with Crippen LogP contribution >= 0.6 is 11.6 Å². The molecule has 4 heteroatoms. The minimum Gasteiger partial charge on any atom is -0.466 e. The first kappa shape index (κ1) is 11.4. The Labute approximate surface area is 98.4 Å². The second kappa shape index (κ2) is 4.42. The summed E-state index contributed by atoms with van der Waals surface area (Å²) in [6, 6.07) is 4.59. The van der Waals surface area contributed by atoms with Crippen molar-refractivity contribution >= 4 is 17.6 Å². The third kappa shape index (κ3) is 2.19. The number of esters is 1. The number of halogens is 2. The first-order valence-electron chi connectivity index (χ1n) is 5.25. The Kier molecular flexibility index (Phi) is 3.15. The fourth-order valence-electron chi connectivity index (χ4n) is 1.82. The number of ether oxygens (including phenoxy) is 1. The number of carbonyl (C=O) groups excluding carboxylic acids is 1. The van der Waals surface area contributed by atoms with E-state index >= 15 is 0 Å². The molecular formula is C12H12ClFO2. The highest BCUT2D eigenvalue weighted by molar-refractivity contribution is 6.30. The van der Waals surface area contributed by atoms with Crippen LogP contribution < -0.4 is 0 Å². The Morgan fingerprint density at radius 1 is 1.62 bits per heavy atom. The smallest absolute Gasteiger partial charge is 0.309 e. The molecule has 1 aromatic carbocycles. The Bertz CT molecular complexity index is 419. The monoisotopic (exact) mass is 242 g/mol. The van der Waals surface area contributed by atoms with Gasteiger partial charge in [-0.05, 0) is 37.0 Å². The molecule has 2 atom stereocenters. The second-order valence-corrected chi connectivity index (χ2v) is 4.28. The van der Waals surface area contributed by atoms with E-state index in [-0.39, 0.29) is 22.8 Å². The van der Waals surface area contributed by atoms with Crippen molar-refractivity contribution < 1.29 is 13.9 Å². The number of rotatable bonds is 3. The molecule has 2 rings (SSSR count). The highest BCUT2D eigenvalue weighted by Gasteiger charge is 2.45. The first-order chi connectivity index (χ1) is 7.63. The number of hydrogen-bond donors (Lipinski definition) is 0. The summed E-state index contributed by atoms with van der Waals surface area (Å²) in [5, 5.41) is 0.104. The Balaban J connectivity index is 2.06. The summed E-state index contributed by atoms with van der Waals surface area (Å²) in [5.41, 5.74) is 0.907. The van der Waals surface area contributed by atoms with Crippen molar-refractivity contribution in [3.8, 4) is 0 Å². The van der Waals surface area contributed by atoms with Gasteiger partial charge in [-0.3, -0.25) is 4.79 Å². The molecule has 1 aliphatic carbocycles. The summed E-state index contributed by atoms with van der Waals surface area (Å²) >= 11 is 5.68. The van der Waals surface area contributed by atoms with Crippen LogP contribution in [-0.2, 0) is 9.53 Å². The molecule has 2 unspecified atom stereocenters. The van der Waals surface area contributed by atoms with Crippen LogP contribution in [-0.4, -0.2) is 12.6 Å². The van der Waals surface area contributed by atoms with Crippen LogP contribution in [0.1, 0.15) is 24.8 Å². The molecule has 0 saturated heterocycles. The van der Waals surface area contributed by atoms with Crippen LogP contribution in [0.25, 0.3) is 0 Å². The van der Waals surface area contributed by atoms with Gasteiger partial charge in [-0.1, -0.05) is 17.7 Å². The predicted molar refractivity (Wildman–Crippen MR) is 58.9 cm³/mol. The fourth-order valence-corrected chi connectivity index (χ4v) is 2.01. The summed E-state index contributed by atoms with van der Waals surface area (Å²) in [5.74, 6) is -0.551. The zero-order valence-corrected chi connectivity index (χ0v) is 9.63. The molecule has 86 valence electrons. The van der Waals surface area contributed by atoms with E-state index < -0.39 is 5.82 Å². The van der Waals surface area contributed by atoms with Gasteiger partial charge in [0.15, 0.2) is 0 Å². The molecule has 2 nitrogen and oxygen atoms in total. The molecule has 0 spiro atoms. The summed E-state index contributed by atoms with van der Waals surface area (Å²) < 4.78 is 17.9. The molecule has 0 radical (unpaired) electrons. The topological polar surface area (TPSA) is 26.3 Å². The SMILES string of the molecule is CCOC(=O)C1CC1c1ccc(F)c(Cl)c1. The maximum Gasteiger partial charge on any atom is 0.309 e. The van der Waals surface area contributed by atoms with Crippen molar-refractivity contribution in [2.45, 2.75) is 19.3 Å². The van der Waals surface area contributed by atoms with Crippen molar-refractivity contribution in [2.75, 3.05) is 6.61 Å². The van der Waals surface area contributed by atoms with Crippen LogP contribution in [0.2, 0.25) is 5.02 Å². The number of carbonyl (C=O) groups is 1. The minimum atomic E-state index is -0.432. The summed E-state index contributed by atoms with van der Waals surface area (Å²) in [6.07, 6.45) is 0.765. The summed E-state index contributed by atoms with van der Waals surface area (Å²) in [4.78, 5) is 11.4. The Hall–Kier alpha value is -1.09. The average Bonchev–Trinajstić information content (AvgIpc) is 3.02. The Morgan fingerprint density at radius 3 is 3.00 bits per heavy atom. The standard InChI is InChI=1S/C12H12ClFO2/c1-2-16-12(15)9-6-8(9)7-3-4-11(14)10(13)5-7/h3-5,8-9H,2,6H2,1H3. The molecule has 0 aliphatic heterocycles. The quantitative estimate of drug-likeness (QED) is 0.761. The lowest BCUT2D eigenvalue weighted by atomic mass is 10.1. The van der Waals surface area contributed by atoms with Crippen LogP contribution in [0.5, 0.6) is 0 Å². The number of hydrogen-bond acceptors (Lipinski definition) is 2. The molecular weight excluding hydrogens is 231 g/mol. The molecule has 1 saturated carbocycles. The molecule has 0 heterocycles. The number of benzene rings is 1. The maximum atomic E-state index is 12.9. The molecule has 16 heavy (non-hydrogen) atoms. The van der Waals surface area contributed by atoms with Gasteiger partial charge in [-0.15, -0.1) is 0 Å². The van der Waals surface area contributed by atoms with Gasteiger partial charge in [0.05, 0.1) is 17.5 Å². The van der Waals surface area contributed by atoms with Crippen LogP contribution in [0.15, 0.2) is 18.2 Å². The normalized spacial score (nSPS) is 22.9. The van der Waals surface area contributed by atoms with Crippen LogP contribution in [0.4, 0.5) is 4.39 Å². The molecule has 0 bridgehead atoms. The molecule has 1 aliphatic rings. The molecule has 1 aromatic rings. The lowest BCUT2D eigenvalue weighted by molar-refractivity contribution is -0.144. The van der Waals surface area contributed by atoms with Crippen LogP contribution in [0.3, 0.4) is 0 Å². The van der Waals surface area contributed by atoms with Crippen molar-refractivity contribution in [1.82, 2.24) is 0 Å². The van der Waals surface area contributed by atoms with Crippen molar-refractivity contribution in [3.05, 3.63) is 34.6 Å². The van der Waals surface area contributed by atoms with Gasteiger partial charge >= 0.3 is 5.97 Å². The predicted octanol–water partition coefficient (Wildman–Crippen LogP) is 3.15. The van der Waals surface area contributed by atoms with E-state index in [1.165, 1.54) is 6.07 Å². The van der Waals surface area contributed by atoms with Gasteiger partial charge in [-0.25, -0.2) is 4.39 Å². The largest absolute Gasteiger partial charge is 0.466 e. The van der Waals surface area contributed by atoms with E-state index in [1.54, 1.807) is 19.1 Å². The van der Waals surface area contributed by atoms with E-state index in [1.807, 2.05) is 0 Å². The van der Waals surface area contributed by atoms with Gasteiger partial charge in [0.25, 0.3) is 0 Å². The first-order valence-corrected chi connectivity index (χ1v) is 5.63. The maximum absolute atomic E-state index is 12.9. The highest BCUT2D eigenvalue weighted by Crippen LogP contribution is 2.48. The van der Waals surface area contributed by atoms with E-state index in [2.05, 4.69) is 0 Å². The second-order valence-electron chi connectivity index (χ2n) is 3.87. The zero-order valence-electron chi connectivity index (χ0n) is 8.87. The molecule has 1 fully saturated rings. The van der Waals surface area contributed by atoms with Gasteiger partial charge in [0.2, 0.25) is 0 Å². The van der Waals surface area contributed by atoms with Gasteiger partial charge in [0.1, 0.15) is 5.82 Å². The van der Waals surface area contributed by atoms with Crippen molar-refractivity contribution in [2.24, 2.45) is 5.92 Å².